The van der Waals surface area contributed by atoms with E-state index in [0.29, 0.717) is 10.6 Å². The number of ether oxygens (including phenoxy) is 1. The lowest BCUT2D eigenvalue weighted by atomic mass is 10.3. The molecule has 10 heteroatoms. The Morgan fingerprint density at radius 2 is 1.81 bits per heavy atom. The number of para-hydroxylation sites is 1. The Morgan fingerprint density at radius 3 is 2.50 bits per heavy atom. The second kappa shape index (κ2) is 9.11. The molecular formula is C22H22N4O4S2. The molecule has 166 valence electrons. The van der Waals surface area contributed by atoms with Gasteiger partial charge in [-0.15, -0.1) is 11.3 Å². The van der Waals surface area contributed by atoms with Crippen LogP contribution < -0.4 is 14.8 Å². The zero-order chi connectivity index (χ0) is 22.7. The molecule has 1 amide bonds. The molecule has 0 radical (unpaired) electrons. The van der Waals surface area contributed by atoms with E-state index in [1.807, 2.05) is 48.0 Å². The second-order valence-electron chi connectivity index (χ2n) is 6.99. The number of hydrogen-bond donors (Lipinski definition) is 2. The van der Waals surface area contributed by atoms with Crippen LogP contribution in [0.25, 0.3) is 15.9 Å². The summed E-state index contributed by atoms with van der Waals surface area (Å²) in [5.41, 5.74) is 1.76. The van der Waals surface area contributed by atoms with E-state index in [1.54, 1.807) is 12.1 Å². The zero-order valence-corrected chi connectivity index (χ0v) is 19.2. The number of benzene rings is 2. The largest absolute Gasteiger partial charge is 0.497 e. The molecular weight excluding hydrogens is 448 g/mol. The number of aryl methyl sites for hydroxylation is 1. The average molecular weight is 471 g/mol. The molecule has 0 bridgehead atoms. The van der Waals surface area contributed by atoms with E-state index >= 15 is 0 Å². The third-order valence-corrected chi connectivity index (χ3v) is 7.43. The first-order valence-corrected chi connectivity index (χ1v) is 12.2. The Morgan fingerprint density at radius 1 is 1.09 bits per heavy atom. The quantitative estimate of drug-likeness (QED) is 0.385. The Labute approximate surface area is 189 Å². The lowest BCUT2D eigenvalue weighted by molar-refractivity contribution is 0.0958. The van der Waals surface area contributed by atoms with Gasteiger partial charge in [-0.25, -0.2) is 17.8 Å². The Balaban J connectivity index is 1.39. The van der Waals surface area contributed by atoms with Crippen LogP contribution in [-0.2, 0) is 10.0 Å². The van der Waals surface area contributed by atoms with Gasteiger partial charge in [-0.2, -0.15) is 5.10 Å². The van der Waals surface area contributed by atoms with E-state index in [9.17, 15) is 13.2 Å². The van der Waals surface area contributed by atoms with Crippen LogP contribution in [0.3, 0.4) is 0 Å². The number of rotatable bonds is 8. The summed E-state index contributed by atoms with van der Waals surface area (Å²) in [5, 5.41) is 8.26. The van der Waals surface area contributed by atoms with Crippen molar-refractivity contribution in [1.29, 1.82) is 0 Å². The number of thiophene rings is 1. The first-order valence-electron chi connectivity index (χ1n) is 9.85. The van der Waals surface area contributed by atoms with Crippen LogP contribution in [0.4, 0.5) is 0 Å². The smallest absolute Gasteiger partial charge is 0.261 e. The van der Waals surface area contributed by atoms with Gasteiger partial charge in [0.25, 0.3) is 5.91 Å². The lowest BCUT2D eigenvalue weighted by Gasteiger charge is -2.08. The predicted molar refractivity (Wildman–Crippen MR) is 124 cm³/mol. The van der Waals surface area contributed by atoms with Crippen LogP contribution >= 0.6 is 11.3 Å². The standard InChI is InChI=1S/C22H22N4O4S2/c1-15-19-14-20(31-22(19)26(25-15)16-6-4-3-5-7-16)21(27)23-12-13-24-32(28,29)18-10-8-17(30-2)9-11-18/h3-11,14,24H,12-13H2,1-2H3,(H,23,27). The number of amides is 1. The van der Waals surface area contributed by atoms with E-state index in [-0.39, 0.29) is 23.9 Å². The highest BCUT2D eigenvalue weighted by molar-refractivity contribution is 7.89. The van der Waals surface area contributed by atoms with E-state index in [4.69, 9.17) is 4.74 Å². The number of carbonyl (C=O) groups is 1. The summed E-state index contributed by atoms with van der Waals surface area (Å²) in [6.45, 7) is 2.14. The Kier molecular flexibility index (Phi) is 6.26. The molecule has 0 atom stereocenters. The van der Waals surface area contributed by atoms with Gasteiger partial charge >= 0.3 is 0 Å². The number of methoxy groups -OCH3 is 1. The van der Waals surface area contributed by atoms with Gasteiger partial charge in [-0.3, -0.25) is 4.79 Å². The summed E-state index contributed by atoms with van der Waals surface area (Å²) in [6.07, 6.45) is 0. The number of nitrogens with zero attached hydrogens (tertiary/aromatic N) is 2. The van der Waals surface area contributed by atoms with Crippen molar-refractivity contribution >= 4 is 37.5 Å². The first kappa shape index (κ1) is 22.0. The molecule has 0 aliphatic heterocycles. The molecule has 0 saturated carbocycles. The van der Waals surface area contributed by atoms with Crippen LogP contribution in [-0.4, -0.2) is 44.3 Å². The van der Waals surface area contributed by atoms with Gasteiger partial charge in [0.05, 0.1) is 28.3 Å². The lowest BCUT2D eigenvalue weighted by Crippen LogP contribution is -2.34. The molecule has 32 heavy (non-hydrogen) atoms. The second-order valence-corrected chi connectivity index (χ2v) is 9.79. The van der Waals surface area contributed by atoms with Crippen LogP contribution in [0.1, 0.15) is 15.4 Å². The van der Waals surface area contributed by atoms with Crippen molar-refractivity contribution in [1.82, 2.24) is 19.8 Å². The maximum Gasteiger partial charge on any atom is 0.261 e. The van der Waals surface area contributed by atoms with Gasteiger partial charge < -0.3 is 10.1 Å². The molecule has 0 fully saturated rings. The third-order valence-electron chi connectivity index (χ3n) is 4.84. The van der Waals surface area contributed by atoms with Gasteiger partial charge in [0.15, 0.2) is 0 Å². The summed E-state index contributed by atoms with van der Waals surface area (Å²) < 4.78 is 34.1. The number of fused-ring (bicyclic) bond motifs is 1. The summed E-state index contributed by atoms with van der Waals surface area (Å²) in [7, 11) is -2.15. The monoisotopic (exact) mass is 470 g/mol. The number of carbonyl (C=O) groups excluding carboxylic acids is 1. The number of sulfonamides is 1. The minimum atomic E-state index is -3.67. The van der Waals surface area contributed by atoms with Crippen LogP contribution in [0, 0.1) is 6.92 Å². The van der Waals surface area contributed by atoms with Crippen molar-refractivity contribution in [3.63, 3.8) is 0 Å². The van der Waals surface area contributed by atoms with Gasteiger partial charge in [0.2, 0.25) is 10.0 Å². The van der Waals surface area contributed by atoms with Crippen molar-refractivity contribution in [3.8, 4) is 11.4 Å². The summed E-state index contributed by atoms with van der Waals surface area (Å²) in [5.74, 6) is 0.319. The van der Waals surface area contributed by atoms with Crippen molar-refractivity contribution in [2.75, 3.05) is 20.2 Å². The molecule has 0 saturated heterocycles. The molecule has 0 spiro atoms. The molecule has 0 unspecified atom stereocenters. The minimum Gasteiger partial charge on any atom is -0.497 e. The molecule has 8 nitrogen and oxygen atoms in total. The van der Waals surface area contributed by atoms with E-state index in [1.165, 1.54) is 30.6 Å². The molecule has 4 rings (SSSR count). The maximum absolute atomic E-state index is 12.6. The fraction of sp³-hybridized carbons (Fsp3) is 0.182. The molecule has 0 aliphatic carbocycles. The Bertz CT molecular complexity index is 1340. The first-order chi connectivity index (χ1) is 15.4. The molecule has 0 aliphatic rings. The van der Waals surface area contributed by atoms with Crippen molar-refractivity contribution in [3.05, 3.63) is 71.2 Å². The fourth-order valence-electron chi connectivity index (χ4n) is 3.19. The SMILES string of the molecule is COc1ccc(S(=O)(=O)NCCNC(=O)c2cc3c(C)nn(-c4ccccc4)c3s2)cc1. The average Bonchev–Trinajstić information content (AvgIpc) is 3.38. The van der Waals surface area contributed by atoms with Crippen LogP contribution in [0.5, 0.6) is 5.75 Å². The fourth-order valence-corrected chi connectivity index (χ4v) is 5.32. The third kappa shape index (κ3) is 4.52. The topological polar surface area (TPSA) is 102 Å². The summed E-state index contributed by atoms with van der Waals surface area (Å²) >= 11 is 1.35. The van der Waals surface area contributed by atoms with Gasteiger partial charge in [0.1, 0.15) is 10.6 Å². The molecule has 2 aromatic carbocycles. The van der Waals surface area contributed by atoms with Gasteiger partial charge in [-0.05, 0) is 49.4 Å². The van der Waals surface area contributed by atoms with Crippen molar-refractivity contribution in [2.24, 2.45) is 0 Å². The van der Waals surface area contributed by atoms with Crippen LogP contribution in [0.15, 0.2) is 65.6 Å². The number of hydrogen-bond acceptors (Lipinski definition) is 6. The van der Waals surface area contributed by atoms with Gasteiger partial charge in [-0.1, -0.05) is 18.2 Å². The summed E-state index contributed by atoms with van der Waals surface area (Å²) in [4.78, 5) is 14.2. The van der Waals surface area contributed by atoms with E-state index < -0.39 is 10.0 Å². The minimum absolute atomic E-state index is 0.0712. The van der Waals surface area contributed by atoms with Gasteiger partial charge in [0, 0.05) is 18.5 Å². The molecule has 4 aromatic rings. The van der Waals surface area contributed by atoms with Crippen LogP contribution in [0.2, 0.25) is 0 Å². The van der Waals surface area contributed by atoms with E-state index in [2.05, 4.69) is 15.1 Å². The number of aromatic nitrogens is 2. The summed E-state index contributed by atoms with van der Waals surface area (Å²) in [6, 6.07) is 17.6. The highest BCUT2D eigenvalue weighted by Crippen LogP contribution is 2.30. The molecule has 2 N–H and O–H groups in total. The normalized spacial score (nSPS) is 11.6. The van der Waals surface area contributed by atoms with Crippen molar-refractivity contribution < 1.29 is 17.9 Å². The highest BCUT2D eigenvalue weighted by Gasteiger charge is 2.18. The molecule has 2 aromatic heterocycles. The number of nitrogens with one attached hydrogen (secondary N) is 2. The molecule has 2 heterocycles. The maximum atomic E-state index is 12.6. The van der Waals surface area contributed by atoms with E-state index in [0.717, 1.165) is 21.6 Å². The predicted octanol–water partition coefficient (Wildman–Crippen LogP) is 3.11. The zero-order valence-electron chi connectivity index (χ0n) is 17.5. The van der Waals surface area contributed by atoms with Crippen molar-refractivity contribution in [2.45, 2.75) is 11.8 Å². The highest BCUT2D eigenvalue weighted by atomic mass is 32.2. The Hall–Kier alpha value is -3.21.